The first-order valence-corrected chi connectivity index (χ1v) is 8.58. The fourth-order valence-corrected chi connectivity index (χ4v) is 2.81. The van der Waals surface area contributed by atoms with Gasteiger partial charge < -0.3 is 9.73 Å². The molecule has 0 fully saturated rings. The van der Waals surface area contributed by atoms with Gasteiger partial charge in [-0.05, 0) is 35.9 Å². The Balaban J connectivity index is 2.15. The molecule has 1 N–H and O–H groups in total. The highest BCUT2D eigenvalue weighted by atomic mass is 35.5. The molecule has 0 unspecified atom stereocenters. The number of nitrogens with one attached hydrogen (secondary N) is 1. The Kier molecular flexibility index (Phi) is 5.20. The fourth-order valence-electron chi connectivity index (χ4n) is 1.86. The van der Waals surface area contributed by atoms with Crippen LogP contribution in [0.5, 0.6) is 0 Å². The second kappa shape index (κ2) is 6.91. The number of anilines is 1. The van der Waals surface area contributed by atoms with Gasteiger partial charge in [-0.3, -0.25) is 9.00 Å². The van der Waals surface area contributed by atoms with Crippen LogP contribution in [0.2, 0.25) is 5.02 Å². The Morgan fingerprint density at radius 2 is 2.10 bits per heavy atom. The van der Waals surface area contributed by atoms with Crippen LogP contribution in [0.15, 0.2) is 34.7 Å². The Morgan fingerprint density at radius 1 is 1.33 bits per heavy atom. The molecular formula is C15H16ClNO3S. The molecule has 1 aromatic carbocycles. The van der Waals surface area contributed by atoms with Crippen molar-refractivity contribution in [2.75, 3.05) is 11.6 Å². The average Bonchev–Trinajstić information content (AvgIpc) is 2.91. The maximum Gasteiger partial charge on any atom is 0.291 e. The number of halogens is 1. The standard InChI is InChI=1S/C15H16ClNO3S/c1-3-12-5-7-14(20-12)15(18)17-11-4-6-13(16)10(8-11)9-21(2)19/h4-8H,3,9H2,1-2H3,(H,17,18)/t21-/m0/s1. The van der Waals surface area contributed by atoms with Gasteiger partial charge in [-0.15, -0.1) is 0 Å². The van der Waals surface area contributed by atoms with Crippen LogP contribution in [0.1, 0.15) is 28.8 Å². The smallest absolute Gasteiger partial charge is 0.291 e. The van der Waals surface area contributed by atoms with E-state index in [2.05, 4.69) is 5.32 Å². The summed E-state index contributed by atoms with van der Waals surface area (Å²) in [6.45, 7) is 1.96. The molecule has 2 aromatic rings. The SMILES string of the molecule is CCc1ccc(C(=O)Nc2ccc(Cl)c(C[S@](C)=O)c2)o1. The highest BCUT2D eigenvalue weighted by molar-refractivity contribution is 7.83. The van der Waals surface area contributed by atoms with E-state index in [-0.39, 0.29) is 11.7 Å². The lowest BCUT2D eigenvalue weighted by atomic mass is 10.2. The molecule has 0 saturated heterocycles. The number of rotatable bonds is 5. The van der Waals surface area contributed by atoms with Crippen LogP contribution in [-0.4, -0.2) is 16.4 Å². The topological polar surface area (TPSA) is 59.3 Å². The number of furan rings is 1. The van der Waals surface area contributed by atoms with Gasteiger partial charge in [-0.2, -0.15) is 0 Å². The molecule has 0 radical (unpaired) electrons. The summed E-state index contributed by atoms with van der Waals surface area (Å²) in [4.78, 5) is 12.1. The summed E-state index contributed by atoms with van der Waals surface area (Å²) in [5, 5.41) is 3.28. The molecule has 0 aliphatic carbocycles. The second-order valence-electron chi connectivity index (χ2n) is 4.60. The van der Waals surface area contributed by atoms with E-state index < -0.39 is 10.8 Å². The molecule has 0 spiro atoms. The number of benzene rings is 1. The van der Waals surface area contributed by atoms with Crippen molar-refractivity contribution in [1.82, 2.24) is 0 Å². The van der Waals surface area contributed by atoms with Gasteiger partial charge in [0.1, 0.15) is 5.76 Å². The zero-order valence-electron chi connectivity index (χ0n) is 11.8. The van der Waals surface area contributed by atoms with Crippen LogP contribution < -0.4 is 5.32 Å². The third-order valence-corrected chi connectivity index (χ3v) is 3.98. The molecule has 0 bridgehead atoms. The quantitative estimate of drug-likeness (QED) is 0.913. The molecule has 21 heavy (non-hydrogen) atoms. The highest BCUT2D eigenvalue weighted by Crippen LogP contribution is 2.22. The first-order chi connectivity index (χ1) is 9.99. The van der Waals surface area contributed by atoms with E-state index in [1.54, 1.807) is 36.6 Å². The van der Waals surface area contributed by atoms with Gasteiger partial charge in [0.25, 0.3) is 5.91 Å². The number of hydrogen-bond donors (Lipinski definition) is 1. The molecule has 1 heterocycles. The third-order valence-electron chi connectivity index (χ3n) is 2.90. The van der Waals surface area contributed by atoms with E-state index in [9.17, 15) is 9.00 Å². The number of carbonyl (C=O) groups is 1. The van der Waals surface area contributed by atoms with Crippen LogP contribution in [0.4, 0.5) is 5.69 Å². The van der Waals surface area contributed by atoms with Crippen molar-refractivity contribution in [2.45, 2.75) is 19.1 Å². The molecule has 1 amide bonds. The van der Waals surface area contributed by atoms with Crippen molar-refractivity contribution >= 4 is 34.0 Å². The molecule has 112 valence electrons. The van der Waals surface area contributed by atoms with Gasteiger partial charge in [0.05, 0.1) is 0 Å². The molecule has 1 aromatic heterocycles. The largest absolute Gasteiger partial charge is 0.456 e. The van der Waals surface area contributed by atoms with E-state index >= 15 is 0 Å². The van der Waals surface area contributed by atoms with Crippen molar-refractivity contribution in [1.29, 1.82) is 0 Å². The predicted octanol–water partition coefficient (Wildman–Crippen LogP) is 3.63. The van der Waals surface area contributed by atoms with Crippen LogP contribution in [0.25, 0.3) is 0 Å². The summed E-state index contributed by atoms with van der Waals surface area (Å²) in [6, 6.07) is 8.53. The van der Waals surface area contributed by atoms with E-state index in [0.717, 1.165) is 17.7 Å². The Hall–Kier alpha value is -1.59. The second-order valence-corrected chi connectivity index (χ2v) is 6.44. The molecule has 0 saturated carbocycles. The zero-order valence-corrected chi connectivity index (χ0v) is 13.4. The van der Waals surface area contributed by atoms with Gasteiger partial charge in [0, 0.05) is 39.9 Å². The van der Waals surface area contributed by atoms with Crippen LogP contribution >= 0.6 is 11.6 Å². The minimum atomic E-state index is -0.997. The highest BCUT2D eigenvalue weighted by Gasteiger charge is 2.12. The summed E-state index contributed by atoms with van der Waals surface area (Å²) in [7, 11) is -0.997. The average molecular weight is 326 g/mol. The number of aryl methyl sites for hydroxylation is 1. The van der Waals surface area contributed by atoms with Gasteiger partial charge in [-0.25, -0.2) is 0 Å². The third kappa shape index (κ3) is 4.19. The normalized spacial score (nSPS) is 12.1. The maximum atomic E-state index is 12.1. The Bertz CT molecular complexity index is 681. The molecule has 4 nitrogen and oxygen atoms in total. The first-order valence-electron chi connectivity index (χ1n) is 6.48. The van der Waals surface area contributed by atoms with Crippen molar-refractivity contribution < 1.29 is 13.4 Å². The lowest BCUT2D eigenvalue weighted by Gasteiger charge is -2.07. The summed E-state index contributed by atoms with van der Waals surface area (Å²) in [6.07, 6.45) is 2.34. The maximum absolute atomic E-state index is 12.1. The number of hydrogen-bond acceptors (Lipinski definition) is 3. The van der Waals surface area contributed by atoms with Crippen LogP contribution in [0, 0.1) is 0 Å². The molecule has 0 aliphatic heterocycles. The number of amides is 1. The van der Waals surface area contributed by atoms with Gasteiger partial charge in [-0.1, -0.05) is 18.5 Å². The van der Waals surface area contributed by atoms with E-state index in [1.807, 2.05) is 6.92 Å². The summed E-state index contributed by atoms with van der Waals surface area (Å²) >= 11 is 6.05. The summed E-state index contributed by atoms with van der Waals surface area (Å²) in [5.74, 6) is 1.06. The predicted molar refractivity (Wildman–Crippen MR) is 85.3 cm³/mol. The monoisotopic (exact) mass is 325 g/mol. The fraction of sp³-hybridized carbons (Fsp3) is 0.267. The van der Waals surface area contributed by atoms with Gasteiger partial charge in [0.15, 0.2) is 5.76 Å². The van der Waals surface area contributed by atoms with Crippen molar-refractivity contribution in [3.8, 4) is 0 Å². The Morgan fingerprint density at radius 3 is 2.71 bits per heavy atom. The first kappa shape index (κ1) is 15.8. The van der Waals surface area contributed by atoms with E-state index in [1.165, 1.54) is 0 Å². The van der Waals surface area contributed by atoms with Crippen LogP contribution in [-0.2, 0) is 23.0 Å². The number of carbonyl (C=O) groups excluding carboxylic acids is 1. The van der Waals surface area contributed by atoms with Crippen molar-refractivity contribution in [3.05, 3.63) is 52.4 Å². The van der Waals surface area contributed by atoms with E-state index in [0.29, 0.717) is 16.5 Å². The summed E-state index contributed by atoms with van der Waals surface area (Å²) < 4.78 is 16.7. The van der Waals surface area contributed by atoms with Crippen molar-refractivity contribution in [3.63, 3.8) is 0 Å². The van der Waals surface area contributed by atoms with Crippen LogP contribution in [0.3, 0.4) is 0 Å². The minimum Gasteiger partial charge on any atom is -0.456 e. The minimum absolute atomic E-state index is 0.266. The lowest BCUT2D eigenvalue weighted by Crippen LogP contribution is -2.11. The van der Waals surface area contributed by atoms with Gasteiger partial charge in [0.2, 0.25) is 0 Å². The van der Waals surface area contributed by atoms with Gasteiger partial charge >= 0.3 is 0 Å². The lowest BCUT2D eigenvalue weighted by molar-refractivity contribution is 0.0995. The molecular weight excluding hydrogens is 310 g/mol. The van der Waals surface area contributed by atoms with E-state index in [4.69, 9.17) is 16.0 Å². The molecule has 2 rings (SSSR count). The molecule has 6 heteroatoms. The molecule has 1 atom stereocenters. The van der Waals surface area contributed by atoms with Crippen molar-refractivity contribution in [2.24, 2.45) is 0 Å². The zero-order chi connectivity index (χ0) is 15.4. The molecule has 0 aliphatic rings. The summed E-state index contributed by atoms with van der Waals surface area (Å²) in [5.41, 5.74) is 1.34. The Labute approximate surface area is 130 Å².